The molecular weight excluding hydrogens is 412 g/mol. The number of carbonyl (C=O) groups is 1. The van der Waals surface area contributed by atoms with Crippen LogP contribution in [0.1, 0.15) is 30.9 Å². The Morgan fingerprint density at radius 1 is 1.23 bits per heavy atom. The number of thioether (sulfide) groups is 1. The topological polar surface area (TPSA) is 32.8 Å². The summed E-state index contributed by atoms with van der Waals surface area (Å²) in [6, 6.07) is 4.91. The second-order valence-electron chi connectivity index (χ2n) is 7.44. The van der Waals surface area contributed by atoms with E-state index in [9.17, 15) is 4.79 Å². The Morgan fingerprint density at radius 3 is 2.65 bits per heavy atom. The summed E-state index contributed by atoms with van der Waals surface area (Å²) in [5.41, 5.74) is 2.44. The van der Waals surface area contributed by atoms with Gasteiger partial charge in [-0.15, -0.1) is 11.8 Å². The minimum atomic E-state index is 0.267. The smallest absolute Gasteiger partial charge is 0.232 e. The number of likely N-dealkylation sites (tertiary alicyclic amines) is 1. The lowest BCUT2D eigenvalue weighted by atomic mass is 10.0. The lowest BCUT2D eigenvalue weighted by Crippen LogP contribution is -2.52. The van der Waals surface area contributed by atoms with E-state index in [1.165, 1.54) is 16.0 Å². The minimum Gasteiger partial charge on any atom is -0.376 e. The Kier molecular flexibility index (Phi) is 7.05. The van der Waals surface area contributed by atoms with Gasteiger partial charge in [0.25, 0.3) is 0 Å². The number of piperidine rings is 1. The third kappa shape index (κ3) is 5.03. The van der Waals surface area contributed by atoms with Crippen LogP contribution in [0, 0.1) is 13.8 Å². The van der Waals surface area contributed by atoms with Crippen molar-refractivity contribution in [3.63, 3.8) is 0 Å². The highest BCUT2D eigenvalue weighted by Gasteiger charge is 2.29. The normalized spacial score (nSPS) is 22.6. The van der Waals surface area contributed by atoms with Gasteiger partial charge in [0.1, 0.15) is 0 Å². The lowest BCUT2D eigenvalue weighted by molar-refractivity contribution is -0.130. The van der Waals surface area contributed by atoms with Gasteiger partial charge in [0, 0.05) is 41.6 Å². The molecule has 2 fully saturated rings. The SMILES string of the molecule is Cc1cc(SCC(=O)N2CCC(N3CCOC(C)C3)CC2)c(C)cc1Br. The van der Waals surface area contributed by atoms with Crippen LogP contribution in [0.4, 0.5) is 0 Å². The minimum absolute atomic E-state index is 0.267. The fourth-order valence-electron chi connectivity index (χ4n) is 3.80. The number of benzene rings is 1. The monoisotopic (exact) mass is 440 g/mol. The summed E-state index contributed by atoms with van der Waals surface area (Å²) in [7, 11) is 0. The van der Waals surface area contributed by atoms with E-state index in [-0.39, 0.29) is 5.91 Å². The second kappa shape index (κ2) is 9.09. The highest BCUT2D eigenvalue weighted by Crippen LogP contribution is 2.29. The third-order valence-electron chi connectivity index (χ3n) is 5.41. The Balaban J connectivity index is 1.47. The van der Waals surface area contributed by atoms with Crippen molar-refractivity contribution >= 4 is 33.6 Å². The second-order valence-corrected chi connectivity index (χ2v) is 9.32. The molecule has 1 atom stereocenters. The third-order valence-corrected chi connectivity index (χ3v) is 7.41. The first-order valence-electron chi connectivity index (χ1n) is 9.47. The molecular formula is C20H29BrN2O2S. The van der Waals surface area contributed by atoms with Crippen LogP contribution in [0.3, 0.4) is 0 Å². The predicted molar refractivity (Wildman–Crippen MR) is 111 cm³/mol. The van der Waals surface area contributed by atoms with Crippen LogP contribution in [-0.2, 0) is 9.53 Å². The number of amides is 1. The number of nitrogens with zero attached hydrogens (tertiary/aromatic N) is 2. The maximum Gasteiger partial charge on any atom is 0.232 e. The number of hydrogen-bond donors (Lipinski definition) is 0. The molecule has 0 saturated carbocycles. The molecule has 4 nitrogen and oxygen atoms in total. The number of ether oxygens (including phenoxy) is 1. The first kappa shape index (κ1) is 20.2. The number of halogens is 1. The number of hydrogen-bond acceptors (Lipinski definition) is 4. The molecule has 1 aromatic carbocycles. The Hall–Kier alpha value is -0.560. The van der Waals surface area contributed by atoms with Crippen molar-refractivity contribution < 1.29 is 9.53 Å². The maximum atomic E-state index is 12.6. The average molecular weight is 441 g/mol. The molecule has 3 rings (SSSR count). The molecule has 144 valence electrons. The van der Waals surface area contributed by atoms with Gasteiger partial charge in [-0.25, -0.2) is 0 Å². The van der Waals surface area contributed by atoms with Crippen molar-refractivity contribution in [2.45, 2.75) is 50.7 Å². The highest BCUT2D eigenvalue weighted by atomic mass is 79.9. The number of carbonyl (C=O) groups excluding carboxylic acids is 1. The van der Waals surface area contributed by atoms with Crippen molar-refractivity contribution in [3.05, 3.63) is 27.7 Å². The molecule has 0 bridgehead atoms. The fourth-order valence-corrected chi connectivity index (χ4v) is 5.26. The largest absolute Gasteiger partial charge is 0.376 e. The van der Waals surface area contributed by atoms with Crippen LogP contribution in [0.15, 0.2) is 21.5 Å². The summed E-state index contributed by atoms with van der Waals surface area (Å²) in [5.74, 6) is 0.796. The van der Waals surface area contributed by atoms with Crippen LogP contribution in [0.2, 0.25) is 0 Å². The zero-order chi connectivity index (χ0) is 18.7. The van der Waals surface area contributed by atoms with Crippen LogP contribution >= 0.6 is 27.7 Å². The zero-order valence-corrected chi connectivity index (χ0v) is 18.4. The van der Waals surface area contributed by atoms with Gasteiger partial charge >= 0.3 is 0 Å². The lowest BCUT2D eigenvalue weighted by Gasteiger charge is -2.41. The van der Waals surface area contributed by atoms with Crippen molar-refractivity contribution in [3.8, 4) is 0 Å². The summed E-state index contributed by atoms with van der Waals surface area (Å²) in [4.78, 5) is 18.4. The molecule has 1 unspecified atom stereocenters. The van der Waals surface area contributed by atoms with E-state index in [1.54, 1.807) is 11.8 Å². The summed E-state index contributed by atoms with van der Waals surface area (Å²) < 4.78 is 6.78. The molecule has 2 aliphatic heterocycles. The predicted octanol–water partition coefficient (Wildman–Crippen LogP) is 3.87. The van der Waals surface area contributed by atoms with Crippen LogP contribution in [0.5, 0.6) is 0 Å². The van der Waals surface area contributed by atoms with Crippen molar-refractivity contribution in [1.82, 2.24) is 9.80 Å². The van der Waals surface area contributed by atoms with E-state index in [4.69, 9.17) is 4.74 Å². The van der Waals surface area contributed by atoms with Gasteiger partial charge in [-0.2, -0.15) is 0 Å². The van der Waals surface area contributed by atoms with E-state index in [0.29, 0.717) is 17.9 Å². The molecule has 0 radical (unpaired) electrons. The molecule has 2 saturated heterocycles. The molecule has 0 aromatic heterocycles. The number of rotatable bonds is 4. The first-order valence-corrected chi connectivity index (χ1v) is 11.2. The summed E-state index contributed by atoms with van der Waals surface area (Å²) in [6.07, 6.45) is 2.50. The Bertz CT molecular complexity index is 647. The Labute approximate surface area is 169 Å². The van der Waals surface area contributed by atoms with Crippen molar-refractivity contribution in [2.75, 3.05) is 38.5 Å². The number of morpholine rings is 1. The van der Waals surface area contributed by atoms with E-state index >= 15 is 0 Å². The van der Waals surface area contributed by atoms with Crippen LogP contribution in [-0.4, -0.2) is 66.4 Å². The molecule has 1 amide bonds. The number of aryl methyl sites for hydroxylation is 2. The Morgan fingerprint density at radius 2 is 1.96 bits per heavy atom. The van der Waals surface area contributed by atoms with Gasteiger partial charge in [-0.3, -0.25) is 9.69 Å². The van der Waals surface area contributed by atoms with Gasteiger partial charge in [0.05, 0.1) is 18.5 Å². The van der Waals surface area contributed by atoms with E-state index < -0.39 is 0 Å². The first-order chi connectivity index (χ1) is 12.4. The van der Waals surface area contributed by atoms with Gasteiger partial charge in [-0.05, 0) is 56.9 Å². The van der Waals surface area contributed by atoms with Crippen LogP contribution in [0.25, 0.3) is 0 Å². The molecule has 0 N–H and O–H groups in total. The van der Waals surface area contributed by atoms with Gasteiger partial charge in [0.15, 0.2) is 0 Å². The van der Waals surface area contributed by atoms with Crippen LogP contribution < -0.4 is 0 Å². The average Bonchev–Trinajstić information content (AvgIpc) is 2.63. The molecule has 6 heteroatoms. The molecule has 0 aliphatic carbocycles. The quantitative estimate of drug-likeness (QED) is 0.665. The maximum absolute atomic E-state index is 12.6. The summed E-state index contributed by atoms with van der Waals surface area (Å²) in [6.45, 7) is 11.0. The molecule has 1 aromatic rings. The highest BCUT2D eigenvalue weighted by molar-refractivity contribution is 9.10. The van der Waals surface area contributed by atoms with E-state index in [1.807, 2.05) is 0 Å². The van der Waals surface area contributed by atoms with Gasteiger partial charge in [-0.1, -0.05) is 15.9 Å². The molecule has 26 heavy (non-hydrogen) atoms. The van der Waals surface area contributed by atoms with Gasteiger partial charge in [0.2, 0.25) is 5.91 Å². The fraction of sp³-hybridized carbons (Fsp3) is 0.650. The standard InChI is InChI=1S/C20H29BrN2O2S/c1-14-11-19(15(2)10-18(14)21)26-13-20(24)22-6-4-17(5-7-22)23-8-9-25-16(3)12-23/h10-11,16-17H,4-9,12-13H2,1-3H3. The summed E-state index contributed by atoms with van der Waals surface area (Å²) >= 11 is 5.23. The zero-order valence-electron chi connectivity index (χ0n) is 16.0. The van der Waals surface area contributed by atoms with Crippen molar-refractivity contribution in [2.24, 2.45) is 0 Å². The van der Waals surface area contributed by atoms with Gasteiger partial charge < -0.3 is 9.64 Å². The molecule has 0 spiro atoms. The van der Waals surface area contributed by atoms with E-state index in [2.05, 4.69) is 58.6 Å². The van der Waals surface area contributed by atoms with E-state index in [0.717, 1.165) is 50.1 Å². The molecule has 2 heterocycles. The van der Waals surface area contributed by atoms with Crippen molar-refractivity contribution in [1.29, 1.82) is 0 Å². The summed E-state index contributed by atoms with van der Waals surface area (Å²) in [5, 5.41) is 0. The molecule has 2 aliphatic rings.